The van der Waals surface area contributed by atoms with E-state index in [2.05, 4.69) is 17.3 Å². The van der Waals surface area contributed by atoms with E-state index in [4.69, 9.17) is 4.55 Å². The first-order valence-electron chi connectivity index (χ1n) is 4.33. The third kappa shape index (κ3) is 11.2. The minimum absolute atomic E-state index is 0. The van der Waals surface area contributed by atoms with Crippen molar-refractivity contribution in [1.82, 2.24) is 6.15 Å². The molecule has 0 aromatic rings. The molecule has 6 heteroatoms. The van der Waals surface area contributed by atoms with Crippen LogP contribution < -0.4 is 6.15 Å². The monoisotopic (exact) mass is 237 g/mol. The summed E-state index contributed by atoms with van der Waals surface area (Å²) in [6, 6.07) is 0. The van der Waals surface area contributed by atoms with Crippen LogP contribution in [0.5, 0.6) is 0 Å². The van der Waals surface area contributed by atoms with Crippen LogP contribution in [0.15, 0.2) is 25.3 Å². The van der Waals surface area contributed by atoms with Crippen molar-refractivity contribution in [2.75, 3.05) is 6.61 Å². The molecule has 5 nitrogen and oxygen atoms in total. The lowest BCUT2D eigenvalue weighted by Crippen LogP contribution is -2.09. The molecule has 0 amide bonds. The summed E-state index contributed by atoms with van der Waals surface area (Å²) in [5.41, 5.74) is 0. The lowest BCUT2D eigenvalue weighted by atomic mass is 9.98. The molecule has 90 valence electrons. The SMILES string of the molecule is C=CCC(CC=C)CCOS(=O)(=O)O.N. The van der Waals surface area contributed by atoms with Crippen LogP contribution in [0.3, 0.4) is 0 Å². The molecule has 0 aromatic carbocycles. The molecule has 0 bridgehead atoms. The van der Waals surface area contributed by atoms with Crippen molar-refractivity contribution in [3.8, 4) is 0 Å². The Morgan fingerprint density at radius 3 is 2.07 bits per heavy atom. The van der Waals surface area contributed by atoms with Crippen LogP contribution in [0.2, 0.25) is 0 Å². The van der Waals surface area contributed by atoms with Crippen LogP contribution in [0.4, 0.5) is 0 Å². The Morgan fingerprint density at radius 1 is 1.27 bits per heavy atom. The predicted molar refractivity (Wildman–Crippen MR) is 60.3 cm³/mol. The molecule has 0 aliphatic heterocycles. The van der Waals surface area contributed by atoms with Crippen molar-refractivity contribution in [1.29, 1.82) is 0 Å². The van der Waals surface area contributed by atoms with E-state index in [-0.39, 0.29) is 18.7 Å². The Hall–Kier alpha value is -0.690. The minimum atomic E-state index is -4.30. The Morgan fingerprint density at radius 2 is 1.73 bits per heavy atom. The third-order valence-electron chi connectivity index (χ3n) is 1.76. The summed E-state index contributed by atoms with van der Waals surface area (Å²) in [6.07, 6.45) is 5.64. The minimum Gasteiger partial charge on any atom is -0.344 e. The van der Waals surface area contributed by atoms with E-state index in [9.17, 15) is 8.42 Å². The van der Waals surface area contributed by atoms with Gasteiger partial charge in [-0.1, -0.05) is 12.2 Å². The van der Waals surface area contributed by atoms with E-state index in [0.717, 1.165) is 12.8 Å². The van der Waals surface area contributed by atoms with Crippen LogP contribution in [-0.2, 0) is 14.6 Å². The number of hydrogen-bond donors (Lipinski definition) is 2. The van der Waals surface area contributed by atoms with E-state index in [1.54, 1.807) is 12.2 Å². The Kier molecular flexibility index (Phi) is 9.60. The van der Waals surface area contributed by atoms with Gasteiger partial charge in [0.25, 0.3) is 0 Å². The maximum Gasteiger partial charge on any atom is 0.397 e. The fourth-order valence-corrected chi connectivity index (χ4v) is 1.43. The molecule has 4 N–H and O–H groups in total. The standard InChI is InChI=1S/C9H16O4S.H3N/c1-3-5-9(6-4-2)7-8-13-14(10,11)12;/h3-4,9H,1-2,5-8H2,(H,10,11,12);1H3. The zero-order valence-corrected chi connectivity index (χ0v) is 9.58. The molecular formula is C9H19NO4S. The van der Waals surface area contributed by atoms with Crippen LogP contribution >= 0.6 is 0 Å². The number of hydrogen-bond acceptors (Lipinski definition) is 4. The summed E-state index contributed by atoms with van der Waals surface area (Å²) in [5, 5.41) is 0. The van der Waals surface area contributed by atoms with Gasteiger partial charge in [0.2, 0.25) is 0 Å². The Labute approximate surface area is 91.4 Å². The second-order valence-electron chi connectivity index (χ2n) is 2.95. The zero-order chi connectivity index (χ0) is 11.0. The van der Waals surface area contributed by atoms with Crippen molar-refractivity contribution in [3.63, 3.8) is 0 Å². The van der Waals surface area contributed by atoms with E-state index >= 15 is 0 Å². The molecule has 0 saturated heterocycles. The van der Waals surface area contributed by atoms with Crippen molar-refractivity contribution >= 4 is 10.4 Å². The molecule has 15 heavy (non-hydrogen) atoms. The topological polar surface area (TPSA) is 98.6 Å². The summed E-state index contributed by atoms with van der Waals surface area (Å²) >= 11 is 0. The first-order valence-corrected chi connectivity index (χ1v) is 5.69. The van der Waals surface area contributed by atoms with Crippen LogP contribution in [0, 0.1) is 5.92 Å². The van der Waals surface area contributed by atoms with Gasteiger partial charge < -0.3 is 6.15 Å². The lowest BCUT2D eigenvalue weighted by Gasteiger charge is -2.11. The third-order valence-corrected chi connectivity index (χ3v) is 2.22. The summed E-state index contributed by atoms with van der Waals surface area (Å²) < 4.78 is 33.0. The molecule has 0 spiro atoms. The van der Waals surface area contributed by atoms with Gasteiger partial charge in [0.15, 0.2) is 0 Å². The van der Waals surface area contributed by atoms with E-state index in [1.807, 2.05) is 0 Å². The van der Waals surface area contributed by atoms with E-state index < -0.39 is 10.4 Å². The van der Waals surface area contributed by atoms with Gasteiger partial charge in [-0.2, -0.15) is 8.42 Å². The summed E-state index contributed by atoms with van der Waals surface area (Å²) in [6.45, 7) is 7.18. The van der Waals surface area contributed by atoms with Gasteiger partial charge in [0.05, 0.1) is 6.61 Å². The van der Waals surface area contributed by atoms with Gasteiger partial charge in [-0.25, -0.2) is 4.18 Å². The van der Waals surface area contributed by atoms with Gasteiger partial charge >= 0.3 is 10.4 Å². The molecular weight excluding hydrogens is 218 g/mol. The zero-order valence-electron chi connectivity index (χ0n) is 8.76. The fourth-order valence-electron chi connectivity index (χ4n) is 1.12. The maximum atomic E-state index is 10.2. The quantitative estimate of drug-likeness (QED) is 0.497. The first-order chi connectivity index (χ1) is 6.49. The van der Waals surface area contributed by atoms with Gasteiger partial charge in [-0.15, -0.1) is 13.2 Å². The fraction of sp³-hybridized carbons (Fsp3) is 0.556. The Balaban J connectivity index is 0. The highest BCUT2D eigenvalue weighted by Gasteiger charge is 2.08. The molecule has 0 saturated carbocycles. The highest BCUT2D eigenvalue weighted by atomic mass is 32.3. The number of allylic oxidation sites excluding steroid dienone is 2. The molecule has 0 fully saturated rings. The Bertz CT molecular complexity index is 264. The maximum absolute atomic E-state index is 10.2. The van der Waals surface area contributed by atoms with Crippen LogP contribution in [0.25, 0.3) is 0 Å². The molecule has 0 heterocycles. The highest BCUT2D eigenvalue weighted by molar-refractivity contribution is 7.80. The highest BCUT2D eigenvalue weighted by Crippen LogP contribution is 2.14. The molecule has 0 radical (unpaired) electrons. The van der Waals surface area contributed by atoms with Gasteiger partial charge in [0, 0.05) is 0 Å². The van der Waals surface area contributed by atoms with Gasteiger partial charge in [-0.05, 0) is 25.2 Å². The molecule has 0 aromatic heterocycles. The van der Waals surface area contributed by atoms with E-state index in [1.165, 1.54) is 0 Å². The molecule has 0 rings (SSSR count). The van der Waals surface area contributed by atoms with Crippen molar-refractivity contribution in [2.24, 2.45) is 5.92 Å². The summed E-state index contributed by atoms with van der Waals surface area (Å²) in [5.74, 6) is 0.270. The molecule has 0 unspecified atom stereocenters. The average molecular weight is 237 g/mol. The lowest BCUT2D eigenvalue weighted by molar-refractivity contribution is 0.245. The molecule has 0 atom stereocenters. The first kappa shape index (κ1) is 16.7. The molecule has 0 aliphatic carbocycles. The average Bonchev–Trinajstić information content (AvgIpc) is 2.02. The largest absolute Gasteiger partial charge is 0.397 e. The summed E-state index contributed by atoms with van der Waals surface area (Å²) in [7, 11) is -4.30. The van der Waals surface area contributed by atoms with Crippen LogP contribution in [-0.4, -0.2) is 19.6 Å². The van der Waals surface area contributed by atoms with Crippen molar-refractivity contribution < 1.29 is 17.2 Å². The van der Waals surface area contributed by atoms with Crippen molar-refractivity contribution in [2.45, 2.75) is 19.3 Å². The summed E-state index contributed by atoms with van der Waals surface area (Å²) in [4.78, 5) is 0. The van der Waals surface area contributed by atoms with Gasteiger partial charge in [-0.3, -0.25) is 4.55 Å². The smallest absolute Gasteiger partial charge is 0.344 e. The second-order valence-corrected chi connectivity index (χ2v) is 4.04. The number of rotatable bonds is 8. The van der Waals surface area contributed by atoms with Gasteiger partial charge in [0.1, 0.15) is 0 Å². The van der Waals surface area contributed by atoms with E-state index in [0.29, 0.717) is 6.42 Å². The van der Waals surface area contributed by atoms with Crippen LogP contribution in [0.1, 0.15) is 19.3 Å². The van der Waals surface area contributed by atoms with Crippen molar-refractivity contribution in [3.05, 3.63) is 25.3 Å². The molecule has 0 aliphatic rings. The predicted octanol–water partition coefficient (Wildman–Crippen LogP) is 2.13. The second kappa shape index (κ2) is 8.60. The normalized spacial score (nSPS) is 10.8.